The second-order valence-electron chi connectivity index (χ2n) is 3.76. The zero-order valence-corrected chi connectivity index (χ0v) is 9.77. The van der Waals surface area contributed by atoms with Crippen molar-refractivity contribution in [3.05, 3.63) is 24.3 Å². The molecule has 0 fully saturated rings. The lowest BCUT2D eigenvalue weighted by molar-refractivity contribution is 0.242. The third-order valence-electron chi connectivity index (χ3n) is 2.06. The molecule has 0 saturated carbocycles. The molecular weight excluding hydrogens is 190 g/mol. The van der Waals surface area contributed by atoms with Gasteiger partial charge < -0.3 is 4.74 Å². The van der Waals surface area contributed by atoms with Gasteiger partial charge in [0.05, 0.1) is 11.8 Å². The molecule has 4 heteroatoms. The van der Waals surface area contributed by atoms with Crippen LogP contribution >= 0.6 is 0 Å². The third kappa shape index (κ3) is 3.42. The number of ether oxygens (including phenoxy) is 1. The van der Waals surface area contributed by atoms with E-state index in [1.165, 1.54) is 5.12 Å². The van der Waals surface area contributed by atoms with E-state index in [9.17, 15) is 0 Å². The van der Waals surface area contributed by atoms with Crippen molar-refractivity contribution in [1.82, 2.24) is 5.12 Å². The Morgan fingerprint density at radius 3 is 2.07 bits per heavy atom. The monoisotopic (exact) mass is 209 g/mol. The van der Waals surface area contributed by atoms with Crippen molar-refractivity contribution in [2.24, 2.45) is 5.84 Å². The predicted molar refractivity (Wildman–Crippen MR) is 62.6 cm³/mol. The number of hydrogen-bond donors (Lipinski definition) is 1. The van der Waals surface area contributed by atoms with Crippen LogP contribution in [0.2, 0.25) is 0 Å². The van der Waals surface area contributed by atoms with Gasteiger partial charge in [0.2, 0.25) is 0 Å². The van der Waals surface area contributed by atoms with E-state index in [1.54, 1.807) is 7.05 Å². The van der Waals surface area contributed by atoms with Crippen molar-refractivity contribution in [2.45, 2.75) is 20.0 Å². The summed E-state index contributed by atoms with van der Waals surface area (Å²) in [6.45, 7) is 4.02. The molecule has 0 spiro atoms. The molecule has 1 aromatic rings. The molecule has 0 heterocycles. The first-order chi connectivity index (χ1) is 7.00. The molecule has 0 saturated heterocycles. The van der Waals surface area contributed by atoms with Crippen LogP contribution in [0.4, 0.5) is 5.69 Å². The molecule has 0 amide bonds. The molecule has 0 unspecified atom stereocenters. The zero-order chi connectivity index (χ0) is 11.4. The Morgan fingerprint density at radius 2 is 1.67 bits per heavy atom. The normalized spacial score (nSPS) is 10.9. The molecule has 0 atom stereocenters. The third-order valence-corrected chi connectivity index (χ3v) is 2.06. The van der Waals surface area contributed by atoms with Crippen molar-refractivity contribution in [3.63, 3.8) is 0 Å². The fourth-order valence-electron chi connectivity index (χ4n) is 1.19. The van der Waals surface area contributed by atoms with Crippen molar-refractivity contribution in [2.75, 3.05) is 19.1 Å². The minimum absolute atomic E-state index is 0.200. The van der Waals surface area contributed by atoms with E-state index in [4.69, 9.17) is 10.6 Å². The van der Waals surface area contributed by atoms with Crippen LogP contribution in [-0.2, 0) is 0 Å². The number of benzene rings is 1. The Bertz CT molecular complexity index is 295. The van der Waals surface area contributed by atoms with Crippen LogP contribution in [0.25, 0.3) is 0 Å². The Labute approximate surface area is 91.2 Å². The maximum absolute atomic E-state index is 5.61. The minimum atomic E-state index is 0.200. The van der Waals surface area contributed by atoms with Crippen LogP contribution in [0.1, 0.15) is 13.8 Å². The molecule has 1 rings (SSSR count). The van der Waals surface area contributed by atoms with Crippen LogP contribution in [0, 0.1) is 0 Å². The molecule has 2 N–H and O–H groups in total. The minimum Gasteiger partial charge on any atom is -0.491 e. The lowest BCUT2D eigenvalue weighted by Gasteiger charge is -2.25. The fraction of sp³-hybridized carbons (Fsp3) is 0.455. The van der Waals surface area contributed by atoms with E-state index in [-0.39, 0.29) is 6.10 Å². The average Bonchev–Trinajstić information content (AvgIpc) is 2.17. The van der Waals surface area contributed by atoms with Gasteiger partial charge in [-0.3, -0.25) is 10.9 Å². The van der Waals surface area contributed by atoms with Crippen molar-refractivity contribution < 1.29 is 4.74 Å². The van der Waals surface area contributed by atoms with Gasteiger partial charge in [0.25, 0.3) is 0 Å². The number of nitrogens with two attached hydrogens (primary N) is 1. The summed E-state index contributed by atoms with van der Waals surface area (Å²) in [5.74, 6) is 6.49. The van der Waals surface area contributed by atoms with Gasteiger partial charge >= 0.3 is 0 Å². The highest BCUT2D eigenvalue weighted by atomic mass is 16.5. The molecule has 0 aliphatic carbocycles. The van der Waals surface area contributed by atoms with Crippen molar-refractivity contribution >= 4 is 5.69 Å². The van der Waals surface area contributed by atoms with E-state index in [1.807, 2.05) is 50.2 Å². The largest absolute Gasteiger partial charge is 0.491 e. The van der Waals surface area contributed by atoms with Crippen molar-refractivity contribution in [3.8, 4) is 5.75 Å². The van der Waals surface area contributed by atoms with Crippen LogP contribution in [0.3, 0.4) is 0 Å². The zero-order valence-electron chi connectivity index (χ0n) is 9.77. The van der Waals surface area contributed by atoms with Crippen LogP contribution in [0.15, 0.2) is 24.3 Å². The van der Waals surface area contributed by atoms with E-state index in [0.29, 0.717) is 0 Å². The maximum Gasteiger partial charge on any atom is 0.119 e. The first-order valence-corrected chi connectivity index (χ1v) is 4.99. The fourth-order valence-corrected chi connectivity index (χ4v) is 1.19. The molecule has 84 valence electrons. The highest BCUT2D eigenvalue weighted by Gasteiger charge is 2.03. The SMILES string of the molecule is CC(C)Oc1ccc(N(C)N(C)N)cc1. The quantitative estimate of drug-likeness (QED) is 0.604. The summed E-state index contributed by atoms with van der Waals surface area (Å²) in [6.07, 6.45) is 0.200. The summed E-state index contributed by atoms with van der Waals surface area (Å²) in [5, 5.41) is 3.37. The van der Waals surface area contributed by atoms with Crippen molar-refractivity contribution in [1.29, 1.82) is 0 Å². The van der Waals surface area contributed by atoms with Gasteiger partial charge in [0, 0.05) is 14.1 Å². The maximum atomic E-state index is 5.61. The first-order valence-electron chi connectivity index (χ1n) is 4.99. The van der Waals surface area contributed by atoms with E-state index >= 15 is 0 Å². The number of hydrogen-bond acceptors (Lipinski definition) is 4. The second kappa shape index (κ2) is 5.00. The molecule has 0 aliphatic heterocycles. The molecule has 0 aromatic heterocycles. The second-order valence-corrected chi connectivity index (χ2v) is 3.76. The number of rotatable bonds is 4. The lowest BCUT2D eigenvalue weighted by Crippen LogP contribution is -2.41. The van der Waals surface area contributed by atoms with Crippen LogP contribution in [0.5, 0.6) is 5.75 Å². The summed E-state index contributed by atoms with van der Waals surface area (Å²) in [4.78, 5) is 0. The summed E-state index contributed by atoms with van der Waals surface area (Å²) in [7, 11) is 3.69. The molecule has 0 bridgehead atoms. The number of anilines is 1. The summed E-state index contributed by atoms with van der Waals surface area (Å²) >= 11 is 0. The first kappa shape index (κ1) is 11.8. The number of hydrazine groups is 2. The van der Waals surface area contributed by atoms with Gasteiger partial charge in [0.15, 0.2) is 0 Å². The standard InChI is InChI=1S/C11H19N3O/c1-9(2)15-11-7-5-10(6-8-11)13(3)14(4)12/h5-9H,12H2,1-4H3. The van der Waals surface area contributed by atoms with Gasteiger partial charge in [-0.05, 0) is 38.1 Å². The highest BCUT2D eigenvalue weighted by molar-refractivity contribution is 5.47. The molecule has 0 radical (unpaired) electrons. The van der Waals surface area contributed by atoms with Gasteiger partial charge in [-0.15, -0.1) is 0 Å². The molecule has 1 aromatic carbocycles. The smallest absolute Gasteiger partial charge is 0.119 e. The Balaban J connectivity index is 2.72. The van der Waals surface area contributed by atoms with Gasteiger partial charge in [-0.1, -0.05) is 0 Å². The summed E-state index contributed by atoms with van der Waals surface area (Å²) in [5.41, 5.74) is 1.02. The van der Waals surface area contributed by atoms with Gasteiger partial charge in [-0.25, -0.2) is 0 Å². The molecule has 0 aliphatic rings. The lowest BCUT2D eigenvalue weighted by atomic mass is 10.3. The molecule has 15 heavy (non-hydrogen) atoms. The Morgan fingerprint density at radius 1 is 1.13 bits per heavy atom. The number of nitrogens with zero attached hydrogens (tertiary/aromatic N) is 2. The van der Waals surface area contributed by atoms with Gasteiger partial charge in [0.1, 0.15) is 5.75 Å². The molecular formula is C11H19N3O. The topological polar surface area (TPSA) is 41.7 Å². The highest BCUT2D eigenvalue weighted by Crippen LogP contribution is 2.19. The Hall–Kier alpha value is -1.26. The van der Waals surface area contributed by atoms with E-state index in [2.05, 4.69) is 0 Å². The summed E-state index contributed by atoms with van der Waals surface area (Å²) < 4.78 is 5.55. The predicted octanol–water partition coefficient (Wildman–Crippen LogP) is 1.63. The van der Waals surface area contributed by atoms with E-state index < -0.39 is 0 Å². The average molecular weight is 209 g/mol. The van der Waals surface area contributed by atoms with Crippen LogP contribution in [-0.4, -0.2) is 25.3 Å². The Kier molecular flexibility index (Phi) is 3.94. The van der Waals surface area contributed by atoms with Gasteiger partial charge in [-0.2, -0.15) is 5.12 Å². The van der Waals surface area contributed by atoms with Crippen LogP contribution < -0.4 is 15.6 Å². The summed E-state index contributed by atoms with van der Waals surface area (Å²) in [6, 6.07) is 7.83. The van der Waals surface area contributed by atoms with E-state index in [0.717, 1.165) is 11.4 Å². The molecule has 4 nitrogen and oxygen atoms in total.